The first kappa shape index (κ1) is 30.0. The summed E-state index contributed by atoms with van der Waals surface area (Å²) in [6.07, 6.45) is 2.75. The number of nitrogens with one attached hydrogen (secondary N) is 1. The van der Waals surface area contributed by atoms with Gasteiger partial charge in [-0.1, -0.05) is 13.8 Å². The second-order valence-electron chi connectivity index (χ2n) is 6.02. The molecule has 182 valence electrons. The Balaban J connectivity index is 0.000000805. The fraction of sp³-hybridized carbons (Fsp3) is 0.438. The highest BCUT2D eigenvalue weighted by Crippen LogP contribution is 2.25. The Morgan fingerprint density at radius 3 is 2.00 bits per heavy atom. The average Bonchev–Trinajstić information content (AvgIpc) is 2.65. The fourth-order valence-corrected chi connectivity index (χ4v) is 2.47. The fourth-order valence-electron chi connectivity index (χ4n) is 2.47. The minimum absolute atomic E-state index is 0.0895. The van der Waals surface area contributed by atoms with E-state index < -0.39 is 15.6 Å². The largest absolute Gasteiger partial charge is 0.822 e. The summed E-state index contributed by atoms with van der Waals surface area (Å²) in [7, 11) is -10.8. The molecule has 0 aliphatic carbocycles. The molecule has 1 N–H and O–H groups in total. The van der Waals surface area contributed by atoms with Gasteiger partial charge in [0.1, 0.15) is 0 Å². The standard InChI is InChI=1S/C16H22N4O2.2H3O4P/c1-3-19(4-2)11-5-9-17-16-8-10-18-15-7-6-13(20(21)22)12-14(15)16;2*1-5(2,3)4/h6-8,10,12H,3-5,9,11H2,1-2H3,(H,17,18);2*(H3,1,2,3,4)/p-6. The van der Waals surface area contributed by atoms with Gasteiger partial charge in [0.2, 0.25) is 0 Å². The van der Waals surface area contributed by atoms with Gasteiger partial charge in [-0.25, -0.2) is 0 Å². The predicted molar refractivity (Wildman–Crippen MR) is 105 cm³/mol. The van der Waals surface area contributed by atoms with E-state index in [4.69, 9.17) is 38.5 Å². The zero-order valence-corrected chi connectivity index (χ0v) is 19.0. The summed E-state index contributed by atoms with van der Waals surface area (Å²) in [5.74, 6) is 0. The van der Waals surface area contributed by atoms with Gasteiger partial charge < -0.3 is 48.7 Å². The lowest BCUT2D eigenvalue weighted by atomic mass is 10.1. The first-order valence-electron chi connectivity index (χ1n) is 9.11. The van der Waals surface area contributed by atoms with Crippen molar-refractivity contribution in [1.29, 1.82) is 0 Å². The molecule has 1 heterocycles. The highest BCUT2D eigenvalue weighted by Gasteiger charge is 2.09. The molecule has 2 aromatic rings. The highest BCUT2D eigenvalue weighted by molar-refractivity contribution is 7.40. The number of hydrogen-bond donors (Lipinski definition) is 1. The molecule has 0 bridgehead atoms. The van der Waals surface area contributed by atoms with Crippen molar-refractivity contribution in [2.24, 2.45) is 0 Å². The Hall–Kier alpha value is -1.99. The molecule has 0 amide bonds. The van der Waals surface area contributed by atoms with Gasteiger partial charge in [-0.15, -0.1) is 0 Å². The molecule has 32 heavy (non-hydrogen) atoms. The van der Waals surface area contributed by atoms with E-state index >= 15 is 0 Å². The number of anilines is 1. The topological polar surface area (TPSA) is 244 Å². The molecule has 1 aromatic heterocycles. The van der Waals surface area contributed by atoms with Gasteiger partial charge in [0, 0.05) is 35.9 Å². The van der Waals surface area contributed by atoms with Crippen LogP contribution in [0.1, 0.15) is 20.3 Å². The molecule has 1 aromatic carbocycles. The van der Waals surface area contributed by atoms with Crippen LogP contribution >= 0.6 is 15.6 Å². The Labute approximate surface area is 184 Å². The summed E-state index contributed by atoms with van der Waals surface area (Å²) in [6, 6.07) is 6.62. The molecular weight excluding hydrogens is 470 g/mol. The number of nitro groups is 1. The maximum Gasteiger partial charge on any atom is 0.270 e. The van der Waals surface area contributed by atoms with Crippen molar-refractivity contribution in [3.8, 4) is 0 Å². The summed E-state index contributed by atoms with van der Waals surface area (Å²) < 4.78 is 17.1. The average molecular weight is 492 g/mol. The van der Waals surface area contributed by atoms with Crippen LogP contribution in [0.2, 0.25) is 0 Å². The third kappa shape index (κ3) is 15.8. The molecule has 0 aliphatic rings. The first-order chi connectivity index (χ1) is 14.7. The van der Waals surface area contributed by atoms with Crippen LogP contribution in [0.25, 0.3) is 10.9 Å². The smallest absolute Gasteiger partial charge is 0.270 e. The van der Waals surface area contributed by atoms with E-state index in [0.29, 0.717) is 0 Å². The second kappa shape index (κ2) is 14.2. The number of rotatable bonds is 8. The zero-order chi connectivity index (χ0) is 24.9. The van der Waals surface area contributed by atoms with Gasteiger partial charge in [0.05, 0.1) is 10.4 Å². The molecule has 2 rings (SSSR count). The summed E-state index contributed by atoms with van der Waals surface area (Å²) in [5.41, 5.74) is 1.75. The Kier molecular flexibility index (Phi) is 13.3. The molecule has 0 fully saturated rings. The minimum atomic E-state index is -5.39. The lowest BCUT2D eigenvalue weighted by Crippen LogP contribution is -2.25. The number of nitrogens with zero attached hydrogens (tertiary/aromatic N) is 3. The van der Waals surface area contributed by atoms with Crippen molar-refractivity contribution in [2.75, 3.05) is 31.5 Å². The van der Waals surface area contributed by atoms with Crippen LogP contribution < -0.4 is 34.7 Å². The Morgan fingerprint density at radius 2 is 1.53 bits per heavy atom. The van der Waals surface area contributed by atoms with Crippen LogP contribution in [0.4, 0.5) is 11.4 Å². The molecule has 0 radical (unpaired) electrons. The maximum absolute atomic E-state index is 10.9. The minimum Gasteiger partial charge on any atom is -0.822 e. The van der Waals surface area contributed by atoms with Crippen molar-refractivity contribution in [3.63, 3.8) is 0 Å². The summed E-state index contributed by atoms with van der Waals surface area (Å²) in [4.78, 5) is 68.5. The quantitative estimate of drug-likeness (QED) is 0.175. The third-order valence-corrected chi connectivity index (χ3v) is 3.80. The molecule has 14 nitrogen and oxygen atoms in total. The maximum atomic E-state index is 10.9. The van der Waals surface area contributed by atoms with Crippen molar-refractivity contribution in [2.45, 2.75) is 20.3 Å². The van der Waals surface area contributed by atoms with Crippen molar-refractivity contribution < 1.29 is 43.4 Å². The van der Waals surface area contributed by atoms with Gasteiger partial charge in [-0.05, 0) is 38.2 Å². The zero-order valence-electron chi connectivity index (χ0n) is 17.2. The molecule has 0 saturated carbocycles. The number of nitro benzene ring substituents is 1. The lowest BCUT2D eigenvalue weighted by Gasteiger charge is -2.36. The number of hydrogen-bond acceptors (Lipinski definition) is 13. The molecular formula is C16H22N4O10P2-6. The highest BCUT2D eigenvalue weighted by atomic mass is 31.2. The SMILES string of the molecule is CCN(CC)CCCNc1ccnc2ccc([N+](=O)[O-])cc12.O=P([O-])([O-])[O-].O=P([O-])([O-])[O-]. The van der Waals surface area contributed by atoms with E-state index in [1.165, 1.54) is 6.07 Å². The summed E-state index contributed by atoms with van der Waals surface area (Å²) in [6.45, 7) is 8.31. The normalized spacial score (nSPS) is 11.3. The molecule has 16 heteroatoms. The number of benzene rings is 1. The first-order valence-corrected chi connectivity index (χ1v) is 12.0. The molecule has 0 spiro atoms. The third-order valence-electron chi connectivity index (χ3n) is 3.80. The van der Waals surface area contributed by atoms with E-state index in [0.717, 1.165) is 49.2 Å². The number of aromatic nitrogens is 1. The van der Waals surface area contributed by atoms with Crippen LogP contribution in [0.5, 0.6) is 0 Å². The summed E-state index contributed by atoms with van der Waals surface area (Å²) in [5, 5.41) is 15.1. The van der Waals surface area contributed by atoms with E-state index in [-0.39, 0.29) is 10.6 Å². The number of phosphoric acid groups is 2. The summed E-state index contributed by atoms with van der Waals surface area (Å²) >= 11 is 0. The number of pyridine rings is 1. The predicted octanol–water partition coefficient (Wildman–Crippen LogP) is -2.36. The second-order valence-corrected chi connectivity index (χ2v) is 7.81. The van der Waals surface area contributed by atoms with Crippen LogP contribution in [-0.4, -0.2) is 41.0 Å². The monoisotopic (exact) mass is 492 g/mol. The van der Waals surface area contributed by atoms with Crippen molar-refractivity contribution in [1.82, 2.24) is 9.88 Å². The number of non-ortho nitro benzene ring substituents is 1. The molecule has 0 aliphatic heterocycles. The van der Waals surface area contributed by atoms with Crippen LogP contribution in [0, 0.1) is 10.1 Å². The molecule has 0 atom stereocenters. The van der Waals surface area contributed by atoms with Crippen LogP contribution in [-0.2, 0) is 9.13 Å². The van der Waals surface area contributed by atoms with Crippen molar-refractivity contribution >= 4 is 37.9 Å². The van der Waals surface area contributed by atoms with Gasteiger partial charge in [0.15, 0.2) is 0 Å². The van der Waals surface area contributed by atoms with Gasteiger partial charge in [-0.3, -0.25) is 15.1 Å². The van der Waals surface area contributed by atoms with E-state index in [1.54, 1.807) is 18.3 Å². The van der Waals surface area contributed by atoms with Gasteiger partial charge >= 0.3 is 0 Å². The van der Waals surface area contributed by atoms with Gasteiger partial charge in [0.25, 0.3) is 5.69 Å². The molecule has 0 saturated heterocycles. The Morgan fingerprint density at radius 1 is 1.00 bits per heavy atom. The van der Waals surface area contributed by atoms with Crippen LogP contribution in [0.15, 0.2) is 30.5 Å². The number of fused-ring (bicyclic) bond motifs is 1. The van der Waals surface area contributed by atoms with E-state index in [9.17, 15) is 10.1 Å². The van der Waals surface area contributed by atoms with E-state index in [2.05, 4.69) is 29.0 Å². The van der Waals surface area contributed by atoms with Crippen LogP contribution in [0.3, 0.4) is 0 Å². The van der Waals surface area contributed by atoms with Crippen molar-refractivity contribution in [3.05, 3.63) is 40.6 Å². The lowest BCUT2D eigenvalue weighted by molar-refractivity contribution is -0.434. The Bertz CT molecular complexity index is 909. The van der Waals surface area contributed by atoms with Gasteiger partial charge in [-0.2, -0.15) is 15.6 Å². The molecule has 0 unspecified atom stereocenters. The van der Waals surface area contributed by atoms with E-state index in [1.807, 2.05) is 6.07 Å².